The van der Waals surface area contributed by atoms with Crippen LogP contribution in [0.15, 0.2) is 0 Å². The minimum absolute atomic E-state index is 0.338. The van der Waals surface area contributed by atoms with Crippen molar-refractivity contribution in [3.8, 4) is 0 Å². The Hall–Kier alpha value is -0.330. The van der Waals surface area contributed by atoms with Crippen LogP contribution in [0.25, 0.3) is 0 Å². The van der Waals surface area contributed by atoms with Crippen molar-refractivity contribution in [1.29, 1.82) is 0 Å². The lowest BCUT2D eigenvalue weighted by Crippen LogP contribution is -1.97. The van der Waals surface area contributed by atoms with Gasteiger partial charge in [0.25, 0.3) is 0 Å². The summed E-state index contributed by atoms with van der Waals surface area (Å²) in [5.74, 6) is 1.15. The third-order valence-electron chi connectivity index (χ3n) is 3.03. The summed E-state index contributed by atoms with van der Waals surface area (Å²) in [6.45, 7) is 6.26. The Labute approximate surface area is 95.6 Å². The highest BCUT2D eigenvalue weighted by Crippen LogP contribution is 2.16. The van der Waals surface area contributed by atoms with Gasteiger partial charge in [0.2, 0.25) is 0 Å². The highest BCUT2D eigenvalue weighted by Gasteiger charge is 2.02. The second-order valence-corrected chi connectivity index (χ2v) is 4.90. The summed E-state index contributed by atoms with van der Waals surface area (Å²) in [5.41, 5.74) is 0. The minimum atomic E-state index is 0.338. The zero-order chi connectivity index (χ0) is 11.5. The van der Waals surface area contributed by atoms with E-state index in [0.717, 1.165) is 18.8 Å². The average molecular weight is 212 g/mol. The van der Waals surface area contributed by atoms with Crippen LogP contribution in [0, 0.1) is 5.92 Å². The molecule has 0 heterocycles. The van der Waals surface area contributed by atoms with E-state index >= 15 is 0 Å². The third-order valence-corrected chi connectivity index (χ3v) is 3.03. The van der Waals surface area contributed by atoms with Gasteiger partial charge in [0.05, 0.1) is 0 Å². The average Bonchev–Trinajstić information content (AvgIpc) is 2.17. The van der Waals surface area contributed by atoms with Crippen LogP contribution in [-0.4, -0.2) is 5.78 Å². The standard InChI is InChI=1S/C14H28O/c1-4-5-6-7-8-10-13(2)11-9-12-14(3)15/h13H,4-12H2,1-3H3. The van der Waals surface area contributed by atoms with E-state index in [0.29, 0.717) is 5.78 Å². The Morgan fingerprint density at radius 3 is 2.20 bits per heavy atom. The van der Waals surface area contributed by atoms with Gasteiger partial charge >= 0.3 is 0 Å². The monoisotopic (exact) mass is 212 g/mol. The number of hydrogen-bond donors (Lipinski definition) is 0. The van der Waals surface area contributed by atoms with Crippen molar-refractivity contribution in [3.05, 3.63) is 0 Å². The lowest BCUT2D eigenvalue weighted by Gasteiger charge is -2.10. The number of Topliss-reactive ketones (excluding diaryl/α,β-unsaturated/α-hetero) is 1. The minimum Gasteiger partial charge on any atom is -0.300 e. The van der Waals surface area contributed by atoms with Crippen LogP contribution in [0.4, 0.5) is 0 Å². The second-order valence-electron chi connectivity index (χ2n) is 4.90. The van der Waals surface area contributed by atoms with Crippen molar-refractivity contribution in [2.24, 2.45) is 5.92 Å². The Balaban J connectivity index is 3.18. The van der Waals surface area contributed by atoms with Crippen molar-refractivity contribution in [2.75, 3.05) is 0 Å². The molecule has 0 aromatic heterocycles. The number of unbranched alkanes of at least 4 members (excludes halogenated alkanes) is 4. The highest BCUT2D eigenvalue weighted by atomic mass is 16.1. The predicted molar refractivity (Wildman–Crippen MR) is 67.1 cm³/mol. The molecule has 0 aromatic carbocycles. The van der Waals surface area contributed by atoms with Crippen molar-refractivity contribution >= 4 is 5.78 Å². The molecule has 1 nitrogen and oxygen atoms in total. The Bertz CT molecular complexity index is 151. The van der Waals surface area contributed by atoms with Gasteiger partial charge in [0.15, 0.2) is 0 Å². The lowest BCUT2D eigenvalue weighted by atomic mass is 9.96. The molecule has 0 N–H and O–H groups in total. The summed E-state index contributed by atoms with van der Waals surface area (Å²) in [4.78, 5) is 10.8. The molecule has 0 saturated carbocycles. The fraction of sp³-hybridized carbons (Fsp3) is 0.929. The van der Waals surface area contributed by atoms with Crippen LogP contribution in [0.5, 0.6) is 0 Å². The summed E-state index contributed by atoms with van der Waals surface area (Å²) < 4.78 is 0. The zero-order valence-corrected chi connectivity index (χ0v) is 10.8. The number of carbonyl (C=O) groups excluding carboxylic acids is 1. The quantitative estimate of drug-likeness (QED) is 0.478. The molecule has 0 fully saturated rings. The molecule has 1 unspecified atom stereocenters. The number of carbonyl (C=O) groups is 1. The van der Waals surface area contributed by atoms with Crippen LogP contribution in [0.2, 0.25) is 0 Å². The van der Waals surface area contributed by atoms with Gasteiger partial charge in [-0.25, -0.2) is 0 Å². The molecular formula is C14H28O. The molecule has 90 valence electrons. The van der Waals surface area contributed by atoms with Gasteiger partial charge in [0.1, 0.15) is 5.78 Å². The summed E-state index contributed by atoms with van der Waals surface area (Å²) in [6.07, 6.45) is 11.3. The van der Waals surface area contributed by atoms with Crippen LogP contribution >= 0.6 is 0 Å². The fourth-order valence-electron chi connectivity index (χ4n) is 1.94. The summed E-state index contributed by atoms with van der Waals surface area (Å²) >= 11 is 0. The SMILES string of the molecule is CCCCCCCC(C)CCCC(C)=O. The molecule has 0 amide bonds. The molecular weight excluding hydrogens is 184 g/mol. The summed E-state index contributed by atoms with van der Waals surface area (Å²) in [5, 5.41) is 0. The highest BCUT2D eigenvalue weighted by molar-refractivity contribution is 5.75. The van der Waals surface area contributed by atoms with Gasteiger partial charge in [-0.1, -0.05) is 58.8 Å². The Kier molecular flexibility index (Phi) is 9.97. The predicted octanol–water partition coefficient (Wildman–Crippen LogP) is 4.74. The van der Waals surface area contributed by atoms with Crippen LogP contribution in [0.3, 0.4) is 0 Å². The van der Waals surface area contributed by atoms with E-state index in [-0.39, 0.29) is 0 Å². The lowest BCUT2D eigenvalue weighted by molar-refractivity contribution is -0.117. The maximum atomic E-state index is 10.8. The van der Waals surface area contributed by atoms with Gasteiger partial charge in [-0.3, -0.25) is 0 Å². The summed E-state index contributed by atoms with van der Waals surface area (Å²) in [7, 11) is 0. The molecule has 1 atom stereocenters. The van der Waals surface area contributed by atoms with Crippen molar-refractivity contribution in [3.63, 3.8) is 0 Å². The summed E-state index contributed by atoms with van der Waals surface area (Å²) in [6, 6.07) is 0. The molecule has 0 spiro atoms. The van der Waals surface area contributed by atoms with E-state index in [1.165, 1.54) is 44.9 Å². The maximum absolute atomic E-state index is 10.8. The molecule has 0 aliphatic heterocycles. The Morgan fingerprint density at radius 2 is 1.60 bits per heavy atom. The molecule has 15 heavy (non-hydrogen) atoms. The van der Waals surface area contributed by atoms with Crippen molar-refractivity contribution in [2.45, 2.75) is 78.6 Å². The number of ketones is 1. The van der Waals surface area contributed by atoms with Crippen molar-refractivity contribution in [1.82, 2.24) is 0 Å². The largest absolute Gasteiger partial charge is 0.300 e. The van der Waals surface area contributed by atoms with Gasteiger partial charge in [0, 0.05) is 6.42 Å². The van der Waals surface area contributed by atoms with Gasteiger partial charge in [-0.2, -0.15) is 0 Å². The third kappa shape index (κ3) is 11.6. The van der Waals surface area contributed by atoms with Gasteiger partial charge < -0.3 is 4.79 Å². The first-order valence-corrected chi connectivity index (χ1v) is 6.66. The molecule has 0 rings (SSSR count). The first-order valence-electron chi connectivity index (χ1n) is 6.66. The van der Waals surface area contributed by atoms with E-state index < -0.39 is 0 Å². The molecule has 1 heteroatoms. The smallest absolute Gasteiger partial charge is 0.129 e. The van der Waals surface area contributed by atoms with Crippen LogP contribution in [-0.2, 0) is 4.79 Å². The Morgan fingerprint density at radius 1 is 1.00 bits per heavy atom. The first kappa shape index (κ1) is 14.7. The molecule has 0 aliphatic carbocycles. The normalized spacial score (nSPS) is 12.7. The molecule has 0 aliphatic rings. The maximum Gasteiger partial charge on any atom is 0.129 e. The van der Waals surface area contributed by atoms with Crippen molar-refractivity contribution < 1.29 is 4.79 Å². The molecule has 0 saturated heterocycles. The second kappa shape index (κ2) is 10.2. The number of hydrogen-bond acceptors (Lipinski definition) is 1. The molecule has 0 radical (unpaired) electrons. The fourth-order valence-corrected chi connectivity index (χ4v) is 1.94. The van der Waals surface area contributed by atoms with E-state index in [1.807, 2.05) is 0 Å². The van der Waals surface area contributed by atoms with Gasteiger partial charge in [-0.05, 0) is 19.3 Å². The van der Waals surface area contributed by atoms with Crippen LogP contribution < -0.4 is 0 Å². The number of rotatable bonds is 10. The van der Waals surface area contributed by atoms with E-state index in [4.69, 9.17) is 0 Å². The van der Waals surface area contributed by atoms with E-state index in [9.17, 15) is 4.79 Å². The van der Waals surface area contributed by atoms with E-state index in [1.54, 1.807) is 6.92 Å². The molecule has 0 bridgehead atoms. The van der Waals surface area contributed by atoms with Crippen LogP contribution in [0.1, 0.15) is 78.6 Å². The first-order chi connectivity index (χ1) is 7.16. The van der Waals surface area contributed by atoms with E-state index in [2.05, 4.69) is 13.8 Å². The van der Waals surface area contributed by atoms with Gasteiger partial charge in [-0.15, -0.1) is 0 Å². The topological polar surface area (TPSA) is 17.1 Å². The molecule has 0 aromatic rings. The zero-order valence-electron chi connectivity index (χ0n) is 10.8.